The monoisotopic (exact) mass is 430 g/mol. The number of aliphatic hydroxyl groups excluding tert-OH is 1. The van der Waals surface area contributed by atoms with Gasteiger partial charge in [0.05, 0.1) is 6.10 Å². The highest BCUT2D eigenvalue weighted by Crippen LogP contribution is 2.36. The van der Waals surface area contributed by atoms with Crippen molar-refractivity contribution in [2.24, 2.45) is 0 Å². The van der Waals surface area contributed by atoms with Gasteiger partial charge in [-0.1, -0.05) is 20.8 Å². The van der Waals surface area contributed by atoms with E-state index >= 15 is 0 Å². The maximum atomic E-state index is 12.3. The Bertz CT molecular complexity index is 500. The van der Waals surface area contributed by atoms with Crippen molar-refractivity contribution in [2.75, 3.05) is 39.3 Å². The largest absolute Gasteiger partial charge is 0.444 e. The lowest BCUT2D eigenvalue weighted by atomic mass is 10.1. The van der Waals surface area contributed by atoms with Crippen LogP contribution in [-0.2, 0) is 9.16 Å². The molecule has 0 saturated carbocycles. The molecular weight excluding hydrogens is 384 g/mol. The standard InChI is InChI=1S/C22H46N2O4Si/c1-21(2,3)28-20(26)24-14-10-13-23(16-17-24)15-12-19(25)11-9-18-27-29(7,8)22(4,5)6/h19,25H,9-18H2,1-8H3/t19-/m1/s1. The van der Waals surface area contributed by atoms with Gasteiger partial charge in [-0.3, -0.25) is 0 Å². The number of carbonyl (C=O) groups is 1. The van der Waals surface area contributed by atoms with Crippen LogP contribution in [0.5, 0.6) is 0 Å². The predicted molar refractivity (Wildman–Crippen MR) is 122 cm³/mol. The Labute approximate surface area is 180 Å². The lowest BCUT2D eigenvalue weighted by Gasteiger charge is -2.36. The molecule has 0 unspecified atom stereocenters. The van der Waals surface area contributed by atoms with Gasteiger partial charge in [0.1, 0.15) is 5.60 Å². The van der Waals surface area contributed by atoms with E-state index in [2.05, 4.69) is 38.8 Å². The van der Waals surface area contributed by atoms with Crippen LogP contribution in [0.1, 0.15) is 67.2 Å². The van der Waals surface area contributed by atoms with Crippen molar-refractivity contribution in [2.45, 2.75) is 97.1 Å². The molecule has 1 aliphatic rings. The molecule has 0 bridgehead atoms. The quantitative estimate of drug-likeness (QED) is 0.454. The summed E-state index contributed by atoms with van der Waals surface area (Å²) in [6.45, 7) is 21.8. The summed E-state index contributed by atoms with van der Waals surface area (Å²) in [5.74, 6) is 0. The van der Waals surface area contributed by atoms with Crippen LogP contribution in [0, 0.1) is 0 Å². The topological polar surface area (TPSA) is 62.2 Å². The van der Waals surface area contributed by atoms with Crippen molar-refractivity contribution in [1.29, 1.82) is 0 Å². The van der Waals surface area contributed by atoms with E-state index in [0.717, 1.165) is 58.5 Å². The number of aliphatic hydroxyl groups is 1. The molecule has 0 radical (unpaired) electrons. The number of rotatable bonds is 8. The van der Waals surface area contributed by atoms with E-state index < -0.39 is 13.9 Å². The first kappa shape index (κ1) is 26.4. The molecule has 172 valence electrons. The molecule has 1 atom stereocenters. The fourth-order valence-corrected chi connectivity index (χ4v) is 4.13. The van der Waals surface area contributed by atoms with E-state index in [0.29, 0.717) is 6.54 Å². The minimum Gasteiger partial charge on any atom is -0.444 e. The van der Waals surface area contributed by atoms with Gasteiger partial charge in [-0.2, -0.15) is 0 Å². The minimum absolute atomic E-state index is 0.221. The first-order valence-corrected chi connectivity index (χ1v) is 14.1. The average Bonchev–Trinajstić information content (AvgIpc) is 2.80. The summed E-state index contributed by atoms with van der Waals surface area (Å²) < 4.78 is 11.7. The molecule has 29 heavy (non-hydrogen) atoms. The Balaban J connectivity index is 2.26. The molecule has 1 rings (SSSR count). The van der Waals surface area contributed by atoms with Crippen LogP contribution >= 0.6 is 0 Å². The Morgan fingerprint density at radius 2 is 1.69 bits per heavy atom. The lowest BCUT2D eigenvalue weighted by Crippen LogP contribution is -2.41. The fourth-order valence-electron chi connectivity index (χ4n) is 3.04. The van der Waals surface area contributed by atoms with Gasteiger partial charge in [-0.15, -0.1) is 0 Å². The number of carbonyl (C=O) groups excluding carboxylic acids is 1. The smallest absolute Gasteiger partial charge is 0.410 e. The predicted octanol–water partition coefficient (Wildman–Crippen LogP) is 4.48. The van der Waals surface area contributed by atoms with Crippen molar-refractivity contribution >= 4 is 14.4 Å². The van der Waals surface area contributed by atoms with Crippen LogP contribution in [0.2, 0.25) is 18.1 Å². The second-order valence-electron chi connectivity index (χ2n) is 10.9. The van der Waals surface area contributed by atoms with Crippen molar-refractivity contribution < 1.29 is 19.1 Å². The van der Waals surface area contributed by atoms with Crippen LogP contribution in [-0.4, -0.2) is 80.4 Å². The molecule has 1 fully saturated rings. The number of nitrogens with zero attached hydrogens (tertiary/aromatic N) is 2. The highest BCUT2D eigenvalue weighted by Gasteiger charge is 2.36. The third-order valence-corrected chi connectivity index (χ3v) is 10.5. The van der Waals surface area contributed by atoms with Crippen LogP contribution in [0.4, 0.5) is 4.79 Å². The fraction of sp³-hybridized carbons (Fsp3) is 0.955. The van der Waals surface area contributed by atoms with Crippen LogP contribution in [0.25, 0.3) is 0 Å². The van der Waals surface area contributed by atoms with Gasteiger partial charge in [0.2, 0.25) is 0 Å². The molecule has 6 nitrogen and oxygen atoms in total. The Morgan fingerprint density at radius 1 is 1.03 bits per heavy atom. The van der Waals surface area contributed by atoms with Gasteiger partial charge in [-0.25, -0.2) is 4.79 Å². The summed E-state index contributed by atoms with van der Waals surface area (Å²) in [4.78, 5) is 16.4. The molecule has 0 aromatic rings. The van der Waals surface area contributed by atoms with E-state index in [4.69, 9.17) is 9.16 Å². The molecule has 1 saturated heterocycles. The summed E-state index contributed by atoms with van der Waals surface area (Å²) in [6, 6.07) is 0. The Hall–Kier alpha value is -0.633. The van der Waals surface area contributed by atoms with E-state index in [9.17, 15) is 9.90 Å². The Morgan fingerprint density at radius 3 is 2.28 bits per heavy atom. The number of ether oxygens (including phenoxy) is 1. The molecule has 1 aliphatic heterocycles. The Kier molecular flexibility index (Phi) is 10.1. The molecule has 1 N–H and O–H groups in total. The third-order valence-electron chi connectivity index (χ3n) is 5.97. The number of hydrogen-bond acceptors (Lipinski definition) is 5. The zero-order chi connectivity index (χ0) is 22.3. The molecule has 0 aromatic heterocycles. The molecule has 0 aromatic carbocycles. The summed E-state index contributed by atoms with van der Waals surface area (Å²) in [5, 5.41) is 10.6. The number of amides is 1. The van der Waals surface area contributed by atoms with Crippen LogP contribution in [0.3, 0.4) is 0 Å². The van der Waals surface area contributed by atoms with Gasteiger partial charge in [-0.05, 0) is 71.1 Å². The summed E-state index contributed by atoms with van der Waals surface area (Å²) in [7, 11) is -1.69. The van der Waals surface area contributed by atoms with Crippen LogP contribution in [0.15, 0.2) is 0 Å². The molecule has 1 heterocycles. The lowest BCUT2D eigenvalue weighted by molar-refractivity contribution is 0.0256. The molecule has 7 heteroatoms. The van der Waals surface area contributed by atoms with Gasteiger partial charge in [0.25, 0.3) is 0 Å². The normalized spacial score (nSPS) is 18.4. The second-order valence-corrected chi connectivity index (χ2v) is 15.7. The highest BCUT2D eigenvalue weighted by molar-refractivity contribution is 6.74. The van der Waals surface area contributed by atoms with Gasteiger partial charge in [0.15, 0.2) is 8.32 Å². The summed E-state index contributed by atoms with van der Waals surface area (Å²) >= 11 is 0. The van der Waals surface area contributed by atoms with E-state index in [1.54, 1.807) is 4.90 Å². The first-order chi connectivity index (χ1) is 13.2. The van der Waals surface area contributed by atoms with E-state index in [1.165, 1.54) is 0 Å². The maximum Gasteiger partial charge on any atom is 0.410 e. The zero-order valence-corrected chi connectivity index (χ0v) is 21.2. The first-order valence-electron chi connectivity index (χ1n) is 11.2. The van der Waals surface area contributed by atoms with E-state index in [1.807, 2.05) is 20.8 Å². The van der Waals surface area contributed by atoms with Gasteiger partial charge < -0.3 is 24.1 Å². The molecule has 0 aliphatic carbocycles. The molecular formula is C22H46N2O4Si. The SMILES string of the molecule is CC(C)(C)OC(=O)N1CCCN(CC[C@H](O)CCCO[Si](C)(C)C(C)(C)C)CC1. The van der Waals surface area contributed by atoms with Crippen molar-refractivity contribution in [1.82, 2.24) is 9.80 Å². The van der Waals surface area contributed by atoms with E-state index in [-0.39, 0.29) is 17.2 Å². The average molecular weight is 431 g/mol. The zero-order valence-electron chi connectivity index (χ0n) is 20.2. The summed E-state index contributed by atoms with van der Waals surface area (Å²) in [5.41, 5.74) is -0.457. The highest BCUT2D eigenvalue weighted by atomic mass is 28.4. The van der Waals surface area contributed by atoms with Crippen molar-refractivity contribution in [3.8, 4) is 0 Å². The van der Waals surface area contributed by atoms with Gasteiger partial charge >= 0.3 is 6.09 Å². The molecule has 1 amide bonds. The number of hydrogen-bond donors (Lipinski definition) is 1. The van der Waals surface area contributed by atoms with Gasteiger partial charge in [0, 0.05) is 32.8 Å². The minimum atomic E-state index is -1.69. The summed E-state index contributed by atoms with van der Waals surface area (Å²) in [6.07, 6.45) is 2.89. The van der Waals surface area contributed by atoms with Crippen molar-refractivity contribution in [3.63, 3.8) is 0 Å². The maximum absolute atomic E-state index is 12.3. The third kappa shape index (κ3) is 10.3. The van der Waals surface area contributed by atoms with Crippen molar-refractivity contribution in [3.05, 3.63) is 0 Å². The second kappa shape index (κ2) is 11.1. The van der Waals surface area contributed by atoms with Crippen LogP contribution < -0.4 is 0 Å². The molecule has 0 spiro atoms.